The van der Waals surface area contributed by atoms with E-state index in [2.05, 4.69) is 36.6 Å². The zero-order valence-electron chi connectivity index (χ0n) is 17.5. The molecule has 2 unspecified atom stereocenters. The summed E-state index contributed by atoms with van der Waals surface area (Å²) in [5, 5.41) is 1.29. The number of nitrogens with zero attached hydrogens (tertiary/aromatic N) is 2. The molecule has 156 valence electrons. The minimum Gasteiger partial charge on any atom is -0.361 e. The van der Waals surface area contributed by atoms with E-state index >= 15 is 0 Å². The molecule has 3 rings (SSSR count). The van der Waals surface area contributed by atoms with Crippen LogP contribution in [0.5, 0.6) is 0 Å². The lowest BCUT2D eigenvalue weighted by Crippen LogP contribution is -2.33. The van der Waals surface area contributed by atoms with Gasteiger partial charge >= 0.3 is 0 Å². The van der Waals surface area contributed by atoms with E-state index < -0.39 is 9.71 Å². The molecular weight excluding hydrogens is 385 g/mol. The standard InChI is InChI=1S/C23H30FN3OS/c1-5-12-27(13-11-17(3)6-2)29(4,28)23-10-7-18(15-26-23)21-16-25-22-9-8-19(24)14-20(21)22/h7-10,14-17,25H,4-6,11-13H2,1-3H3. The van der Waals surface area contributed by atoms with Crippen molar-refractivity contribution in [1.29, 1.82) is 0 Å². The summed E-state index contributed by atoms with van der Waals surface area (Å²) in [5.41, 5.74) is 2.59. The number of halogens is 1. The van der Waals surface area contributed by atoms with Crippen molar-refractivity contribution in [3.05, 3.63) is 48.5 Å². The Morgan fingerprint density at radius 2 is 2.03 bits per heavy atom. The Balaban J connectivity index is 1.88. The maximum Gasteiger partial charge on any atom is 0.133 e. The second-order valence-electron chi connectivity index (χ2n) is 7.65. The molecule has 1 N–H and O–H groups in total. The third-order valence-corrected chi connectivity index (χ3v) is 7.57. The third kappa shape index (κ3) is 4.70. The van der Waals surface area contributed by atoms with Crippen LogP contribution in [0.4, 0.5) is 4.39 Å². The van der Waals surface area contributed by atoms with Gasteiger partial charge in [0.2, 0.25) is 0 Å². The molecule has 29 heavy (non-hydrogen) atoms. The second kappa shape index (κ2) is 9.09. The van der Waals surface area contributed by atoms with Gasteiger partial charge in [-0.3, -0.25) is 0 Å². The lowest BCUT2D eigenvalue weighted by molar-refractivity contribution is 0.384. The van der Waals surface area contributed by atoms with Crippen molar-refractivity contribution in [3.8, 4) is 11.1 Å². The Kier molecular flexibility index (Phi) is 6.75. The minimum absolute atomic E-state index is 0.278. The molecule has 0 aliphatic carbocycles. The number of H-pyrrole nitrogens is 1. The van der Waals surface area contributed by atoms with Crippen LogP contribution < -0.4 is 0 Å². The molecule has 0 spiro atoms. The SMILES string of the molecule is C=S(=O)(c1ccc(-c2c[nH]c3ccc(F)cc23)cn1)N(CCC)CCC(C)CC. The van der Waals surface area contributed by atoms with Crippen LogP contribution in [0, 0.1) is 11.7 Å². The van der Waals surface area contributed by atoms with Gasteiger partial charge in [-0.2, -0.15) is 0 Å². The van der Waals surface area contributed by atoms with Crippen LogP contribution in [0.3, 0.4) is 0 Å². The first-order valence-corrected chi connectivity index (χ1v) is 11.9. The quantitative estimate of drug-likeness (QED) is 0.469. The average Bonchev–Trinajstić information content (AvgIpc) is 3.13. The molecule has 0 radical (unpaired) electrons. The van der Waals surface area contributed by atoms with Crippen LogP contribution in [0.1, 0.15) is 40.0 Å². The summed E-state index contributed by atoms with van der Waals surface area (Å²) in [5.74, 6) is 4.36. The van der Waals surface area contributed by atoms with Gasteiger partial charge in [-0.1, -0.05) is 27.2 Å². The highest BCUT2D eigenvalue weighted by molar-refractivity contribution is 7.98. The Bertz CT molecular complexity index is 1060. The zero-order chi connectivity index (χ0) is 21.0. The zero-order valence-corrected chi connectivity index (χ0v) is 18.3. The first kappa shape index (κ1) is 21.5. The van der Waals surface area contributed by atoms with E-state index in [4.69, 9.17) is 0 Å². The lowest BCUT2D eigenvalue weighted by atomic mass is 10.1. The molecule has 0 aliphatic heterocycles. The predicted octanol–water partition coefficient (Wildman–Crippen LogP) is 5.51. The number of benzene rings is 1. The van der Waals surface area contributed by atoms with Crippen molar-refractivity contribution in [1.82, 2.24) is 14.3 Å². The highest BCUT2D eigenvalue weighted by atomic mass is 32.2. The monoisotopic (exact) mass is 415 g/mol. The van der Waals surface area contributed by atoms with Crippen LogP contribution in [-0.4, -0.2) is 37.4 Å². The molecule has 0 fully saturated rings. The van der Waals surface area contributed by atoms with Crippen LogP contribution in [0.15, 0.2) is 47.8 Å². The van der Waals surface area contributed by atoms with Crippen molar-refractivity contribution < 1.29 is 8.60 Å². The van der Waals surface area contributed by atoms with Gasteiger partial charge in [0, 0.05) is 47.5 Å². The number of aromatic amines is 1. The predicted molar refractivity (Wildman–Crippen MR) is 121 cm³/mol. The largest absolute Gasteiger partial charge is 0.361 e. The molecule has 1 aromatic carbocycles. The number of pyridine rings is 1. The van der Waals surface area contributed by atoms with Crippen molar-refractivity contribution in [2.75, 3.05) is 13.1 Å². The van der Waals surface area contributed by atoms with E-state index in [0.29, 0.717) is 10.9 Å². The van der Waals surface area contributed by atoms with Crippen LogP contribution in [0.25, 0.3) is 22.0 Å². The molecule has 3 aromatic rings. The first-order valence-electron chi connectivity index (χ1n) is 10.2. The number of hydrogen-bond acceptors (Lipinski definition) is 2. The maximum absolute atomic E-state index is 13.7. The van der Waals surface area contributed by atoms with Crippen LogP contribution >= 0.6 is 0 Å². The number of fused-ring (bicyclic) bond motifs is 1. The van der Waals surface area contributed by atoms with Gasteiger partial charge in [-0.05, 0) is 55.0 Å². The molecule has 6 heteroatoms. The van der Waals surface area contributed by atoms with Crippen molar-refractivity contribution in [2.24, 2.45) is 5.92 Å². The summed E-state index contributed by atoms with van der Waals surface area (Å²) < 4.78 is 29.2. The smallest absolute Gasteiger partial charge is 0.133 e. The Morgan fingerprint density at radius 1 is 1.24 bits per heavy atom. The Hall–Kier alpha value is -2.18. The van der Waals surface area contributed by atoms with Gasteiger partial charge in [0.05, 0.1) is 9.71 Å². The van der Waals surface area contributed by atoms with Gasteiger partial charge < -0.3 is 4.98 Å². The number of hydrogen-bond donors (Lipinski definition) is 1. The van der Waals surface area contributed by atoms with Gasteiger partial charge in [0.25, 0.3) is 0 Å². The van der Waals surface area contributed by atoms with E-state index in [9.17, 15) is 8.60 Å². The summed E-state index contributed by atoms with van der Waals surface area (Å²) in [7, 11) is -2.65. The molecule has 0 bridgehead atoms. The fourth-order valence-corrected chi connectivity index (χ4v) is 5.06. The molecular formula is C23H30FN3OS. The molecule has 4 nitrogen and oxygen atoms in total. The van der Waals surface area contributed by atoms with E-state index in [1.807, 2.05) is 16.6 Å². The van der Waals surface area contributed by atoms with E-state index in [0.717, 1.165) is 54.4 Å². The summed E-state index contributed by atoms with van der Waals surface area (Å²) in [4.78, 5) is 7.65. The first-order chi connectivity index (χ1) is 13.9. The molecule has 0 aliphatic rings. The molecule has 2 aromatic heterocycles. The van der Waals surface area contributed by atoms with Crippen molar-refractivity contribution >= 4 is 26.5 Å². The van der Waals surface area contributed by atoms with Gasteiger partial charge in [-0.15, -0.1) is 0 Å². The lowest BCUT2D eigenvalue weighted by Gasteiger charge is -2.26. The highest BCUT2D eigenvalue weighted by Gasteiger charge is 2.20. The third-order valence-electron chi connectivity index (χ3n) is 5.48. The molecule has 2 heterocycles. The summed E-state index contributed by atoms with van der Waals surface area (Å²) >= 11 is 0. The molecule has 2 atom stereocenters. The fraction of sp³-hybridized carbons (Fsp3) is 0.391. The average molecular weight is 416 g/mol. The van der Waals surface area contributed by atoms with Gasteiger partial charge in [0.15, 0.2) is 0 Å². The van der Waals surface area contributed by atoms with E-state index in [1.165, 1.54) is 12.1 Å². The van der Waals surface area contributed by atoms with Crippen molar-refractivity contribution in [3.63, 3.8) is 0 Å². The number of rotatable bonds is 9. The summed E-state index contributed by atoms with van der Waals surface area (Å²) in [6, 6.07) is 8.34. The second-order valence-corrected chi connectivity index (χ2v) is 9.86. The summed E-state index contributed by atoms with van der Waals surface area (Å²) in [6.45, 7) is 7.94. The van der Waals surface area contributed by atoms with Crippen LogP contribution in [0.2, 0.25) is 0 Å². The normalized spacial score (nSPS) is 14.9. The minimum atomic E-state index is -2.65. The topological polar surface area (TPSA) is 49.0 Å². The molecule has 0 amide bonds. The number of aromatic nitrogens is 2. The molecule has 0 saturated heterocycles. The van der Waals surface area contributed by atoms with Gasteiger partial charge in [-0.25, -0.2) is 17.9 Å². The summed E-state index contributed by atoms with van der Waals surface area (Å²) in [6.07, 6.45) is 6.55. The maximum atomic E-state index is 13.7. The number of nitrogens with one attached hydrogen (secondary N) is 1. The highest BCUT2D eigenvalue weighted by Crippen LogP contribution is 2.29. The fourth-order valence-electron chi connectivity index (χ4n) is 3.42. The van der Waals surface area contributed by atoms with E-state index in [-0.39, 0.29) is 5.82 Å². The van der Waals surface area contributed by atoms with Crippen LogP contribution in [-0.2, 0) is 9.71 Å². The van der Waals surface area contributed by atoms with Crippen molar-refractivity contribution in [2.45, 2.75) is 45.1 Å². The Labute approximate surface area is 173 Å². The van der Waals surface area contributed by atoms with E-state index in [1.54, 1.807) is 18.3 Å². The van der Waals surface area contributed by atoms with Gasteiger partial charge in [0.1, 0.15) is 10.8 Å². The molecule has 0 saturated carbocycles. The Morgan fingerprint density at radius 3 is 2.69 bits per heavy atom.